The summed E-state index contributed by atoms with van der Waals surface area (Å²) in [7, 11) is 0. The summed E-state index contributed by atoms with van der Waals surface area (Å²) >= 11 is 0. The molecule has 0 bridgehead atoms. The number of benzene rings is 7. The number of fused-ring (bicyclic) bond motifs is 6. The molecule has 7 aromatic carbocycles. The van der Waals surface area contributed by atoms with Crippen molar-refractivity contribution in [1.29, 1.82) is 0 Å². The van der Waals surface area contributed by atoms with Crippen LogP contribution in [-0.2, 0) is 0 Å². The molecule has 210 valence electrons. The molecule has 0 saturated carbocycles. The van der Waals surface area contributed by atoms with Crippen LogP contribution >= 0.6 is 0 Å². The van der Waals surface area contributed by atoms with Crippen molar-refractivity contribution in [2.75, 3.05) is 0 Å². The molecule has 2 aromatic heterocycles. The summed E-state index contributed by atoms with van der Waals surface area (Å²) < 4.78 is 6.41. The van der Waals surface area contributed by atoms with Crippen LogP contribution in [0.15, 0.2) is 156 Å². The van der Waals surface area contributed by atoms with E-state index in [4.69, 9.17) is 19.4 Å². The average molecular weight is 576 g/mol. The fourth-order valence-electron chi connectivity index (χ4n) is 6.30. The zero-order valence-electron chi connectivity index (χ0n) is 24.2. The van der Waals surface area contributed by atoms with Crippen molar-refractivity contribution in [3.05, 3.63) is 152 Å². The third-order valence-corrected chi connectivity index (χ3v) is 8.51. The average Bonchev–Trinajstić information content (AvgIpc) is 3.49. The van der Waals surface area contributed by atoms with Crippen LogP contribution in [0.1, 0.15) is 0 Å². The van der Waals surface area contributed by atoms with Crippen LogP contribution in [0.5, 0.6) is 0 Å². The lowest BCUT2D eigenvalue weighted by Gasteiger charge is -2.09. The Labute approximate surface area is 259 Å². The first kappa shape index (κ1) is 25.4. The molecular formula is C41H25N3O. The van der Waals surface area contributed by atoms with E-state index in [1.807, 2.05) is 60.7 Å². The normalized spacial score (nSPS) is 11.6. The van der Waals surface area contributed by atoms with Crippen LogP contribution in [0.2, 0.25) is 0 Å². The lowest BCUT2D eigenvalue weighted by atomic mass is 9.96. The molecule has 2 heterocycles. The minimum atomic E-state index is 0.638. The van der Waals surface area contributed by atoms with E-state index >= 15 is 0 Å². The van der Waals surface area contributed by atoms with Gasteiger partial charge in [-0.05, 0) is 50.9 Å². The Morgan fingerprint density at radius 1 is 0.356 bits per heavy atom. The number of hydrogen-bond donors (Lipinski definition) is 0. The molecule has 0 fully saturated rings. The van der Waals surface area contributed by atoms with Crippen LogP contribution in [0.3, 0.4) is 0 Å². The Balaban J connectivity index is 1.18. The first-order valence-corrected chi connectivity index (χ1v) is 15.0. The summed E-state index contributed by atoms with van der Waals surface area (Å²) in [6, 6.07) is 52.2. The van der Waals surface area contributed by atoms with Crippen molar-refractivity contribution in [3.8, 4) is 45.3 Å². The summed E-state index contributed by atoms with van der Waals surface area (Å²) in [5, 5.41) is 7.12. The second-order valence-corrected chi connectivity index (χ2v) is 11.3. The quantitative estimate of drug-likeness (QED) is 0.196. The molecule has 9 aromatic rings. The van der Waals surface area contributed by atoms with Gasteiger partial charge in [0, 0.05) is 27.5 Å². The summed E-state index contributed by atoms with van der Waals surface area (Å²) in [5.41, 5.74) is 6.83. The van der Waals surface area contributed by atoms with E-state index in [2.05, 4.69) is 91.0 Å². The molecule has 0 spiro atoms. The lowest BCUT2D eigenvalue weighted by molar-refractivity contribution is 0.669. The second-order valence-electron chi connectivity index (χ2n) is 11.3. The van der Waals surface area contributed by atoms with Crippen molar-refractivity contribution in [3.63, 3.8) is 0 Å². The first-order valence-electron chi connectivity index (χ1n) is 15.0. The monoisotopic (exact) mass is 575 g/mol. The first-order chi connectivity index (χ1) is 22.3. The molecule has 45 heavy (non-hydrogen) atoms. The van der Waals surface area contributed by atoms with Gasteiger partial charge in [0.15, 0.2) is 17.5 Å². The van der Waals surface area contributed by atoms with Crippen molar-refractivity contribution >= 4 is 43.5 Å². The van der Waals surface area contributed by atoms with Gasteiger partial charge < -0.3 is 4.42 Å². The van der Waals surface area contributed by atoms with Crippen LogP contribution < -0.4 is 0 Å². The number of aromatic nitrogens is 3. The number of nitrogens with zero attached hydrogens (tertiary/aromatic N) is 3. The third kappa shape index (κ3) is 4.35. The van der Waals surface area contributed by atoms with E-state index in [-0.39, 0.29) is 0 Å². The predicted octanol–water partition coefficient (Wildman–Crippen LogP) is 10.7. The minimum absolute atomic E-state index is 0.638. The fraction of sp³-hybridized carbons (Fsp3) is 0. The molecule has 0 unspecified atom stereocenters. The highest BCUT2D eigenvalue weighted by Crippen LogP contribution is 2.40. The highest BCUT2D eigenvalue weighted by molar-refractivity contribution is 6.19. The number of furan rings is 1. The summed E-state index contributed by atoms with van der Waals surface area (Å²) in [6.07, 6.45) is 0. The summed E-state index contributed by atoms with van der Waals surface area (Å²) in [5.74, 6) is 1.94. The standard InChI is InChI=1S/C41H25N3O/c1-3-11-28(12-4-1)39-42-40(29-13-5-2-6-14-29)44-41(43-39)30-21-18-27(19-22-30)33-16-9-17-36-38(33)35-25-34-31(24-37(35)45-36)23-20-26-10-7-8-15-32(26)34/h1-25H. The second kappa shape index (κ2) is 10.2. The van der Waals surface area contributed by atoms with Gasteiger partial charge in [-0.25, -0.2) is 15.0 Å². The molecule has 0 aliphatic carbocycles. The Morgan fingerprint density at radius 2 is 0.933 bits per heavy atom. The van der Waals surface area contributed by atoms with E-state index in [1.165, 1.54) is 21.5 Å². The Bertz CT molecular complexity index is 2460. The molecule has 0 aliphatic heterocycles. The molecule has 0 amide bonds. The van der Waals surface area contributed by atoms with Gasteiger partial charge >= 0.3 is 0 Å². The van der Waals surface area contributed by atoms with Gasteiger partial charge in [0.1, 0.15) is 11.2 Å². The van der Waals surface area contributed by atoms with Crippen molar-refractivity contribution in [1.82, 2.24) is 15.0 Å². The smallest absolute Gasteiger partial charge is 0.164 e. The van der Waals surface area contributed by atoms with Gasteiger partial charge in [-0.3, -0.25) is 0 Å². The van der Waals surface area contributed by atoms with Gasteiger partial charge in [0.2, 0.25) is 0 Å². The zero-order chi connectivity index (χ0) is 29.7. The van der Waals surface area contributed by atoms with Crippen molar-refractivity contribution < 1.29 is 4.42 Å². The summed E-state index contributed by atoms with van der Waals surface area (Å²) in [6.45, 7) is 0. The van der Waals surface area contributed by atoms with E-state index in [1.54, 1.807) is 0 Å². The van der Waals surface area contributed by atoms with E-state index < -0.39 is 0 Å². The summed E-state index contributed by atoms with van der Waals surface area (Å²) in [4.78, 5) is 14.6. The Kier molecular flexibility index (Phi) is 5.78. The van der Waals surface area contributed by atoms with Crippen LogP contribution in [0.4, 0.5) is 0 Å². The SMILES string of the molecule is c1ccc(-c2nc(-c3ccccc3)nc(-c3ccc(-c4cccc5oc6cc7ccc8ccccc8c7cc6c45)cc3)n2)cc1. The maximum Gasteiger partial charge on any atom is 0.164 e. The van der Waals surface area contributed by atoms with Gasteiger partial charge in [-0.1, -0.05) is 133 Å². The van der Waals surface area contributed by atoms with Gasteiger partial charge in [0.05, 0.1) is 0 Å². The van der Waals surface area contributed by atoms with Gasteiger partial charge in [-0.15, -0.1) is 0 Å². The van der Waals surface area contributed by atoms with Crippen molar-refractivity contribution in [2.45, 2.75) is 0 Å². The number of rotatable bonds is 4. The van der Waals surface area contributed by atoms with E-state index in [0.717, 1.165) is 49.8 Å². The van der Waals surface area contributed by atoms with Gasteiger partial charge in [-0.2, -0.15) is 0 Å². The molecule has 9 rings (SSSR count). The molecule has 4 heteroatoms. The largest absolute Gasteiger partial charge is 0.456 e. The maximum atomic E-state index is 6.41. The molecule has 0 N–H and O–H groups in total. The minimum Gasteiger partial charge on any atom is -0.456 e. The highest BCUT2D eigenvalue weighted by atomic mass is 16.3. The molecule has 0 atom stereocenters. The zero-order valence-corrected chi connectivity index (χ0v) is 24.2. The number of hydrogen-bond acceptors (Lipinski definition) is 4. The molecule has 0 radical (unpaired) electrons. The molecule has 0 saturated heterocycles. The molecule has 0 aliphatic rings. The maximum absolute atomic E-state index is 6.41. The van der Waals surface area contributed by atoms with Gasteiger partial charge in [0.25, 0.3) is 0 Å². The topological polar surface area (TPSA) is 51.8 Å². The van der Waals surface area contributed by atoms with Crippen LogP contribution in [-0.4, -0.2) is 15.0 Å². The predicted molar refractivity (Wildman–Crippen MR) is 184 cm³/mol. The Morgan fingerprint density at radius 3 is 1.62 bits per heavy atom. The van der Waals surface area contributed by atoms with Crippen molar-refractivity contribution in [2.24, 2.45) is 0 Å². The molecule has 4 nitrogen and oxygen atoms in total. The van der Waals surface area contributed by atoms with E-state index in [0.29, 0.717) is 17.5 Å². The van der Waals surface area contributed by atoms with Crippen LogP contribution in [0.25, 0.3) is 88.8 Å². The lowest BCUT2D eigenvalue weighted by Crippen LogP contribution is -2.00. The Hall–Kier alpha value is -6.13. The fourth-order valence-corrected chi connectivity index (χ4v) is 6.30. The molecular weight excluding hydrogens is 550 g/mol. The van der Waals surface area contributed by atoms with Crippen LogP contribution in [0, 0.1) is 0 Å². The highest BCUT2D eigenvalue weighted by Gasteiger charge is 2.16. The third-order valence-electron chi connectivity index (χ3n) is 8.51. The van der Waals surface area contributed by atoms with E-state index in [9.17, 15) is 0 Å².